The number of nitro groups is 1. The van der Waals surface area contributed by atoms with Crippen LogP contribution in [-0.2, 0) is 13.2 Å². The predicted molar refractivity (Wildman–Crippen MR) is 74.5 cm³/mol. The van der Waals surface area contributed by atoms with Gasteiger partial charge < -0.3 is 9.84 Å². The third-order valence-electron chi connectivity index (χ3n) is 3.09. The number of halogens is 1. The van der Waals surface area contributed by atoms with Crippen molar-refractivity contribution in [3.8, 4) is 5.75 Å². The van der Waals surface area contributed by atoms with Gasteiger partial charge in [-0.05, 0) is 12.5 Å². The lowest BCUT2D eigenvalue weighted by Crippen LogP contribution is -2.04. The molecular weight excluding hydrogens is 277 g/mol. The van der Waals surface area contributed by atoms with Crippen molar-refractivity contribution in [3.05, 3.63) is 69.0 Å². The van der Waals surface area contributed by atoms with Gasteiger partial charge in [0.15, 0.2) is 0 Å². The molecule has 0 heterocycles. The number of rotatable bonds is 5. The fourth-order valence-corrected chi connectivity index (χ4v) is 2.01. The fraction of sp³-hybridized carbons (Fsp3) is 0.200. The second-order valence-electron chi connectivity index (χ2n) is 4.52. The largest absolute Gasteiger partial charge is 0.488 e. The summed E-state index contributed by atoms with van der Waals surface area (Å²) in [6.07, 6.45) is 0. The highest BCUT2D eigenvalue weighted by Crippen LogP contribution is 2.26. The van der Waals surface area contributed by atoms with Crippen LogP contribution in [0, 0.1) is 22.9 Å². The van der Waals surface area contributed by atoms with Crippen LogP contribution in [0.5, 0.6) is 5.75 Å². The summed E-state index contributed by atoms with van der Waals surface area (Å²) in [6.45, 7) is 1.46. The molecular formula is C15H14FNO4. The molecule has 2 rings (SSSR count). The molecule has 2 aromatic carbocycles. The number of aliphatic hydroxyl groups excluding tert-OH is 1. The van der Waals surface area contributed by atoms with E-state index in [-0.39, 0.29) is 18.8 Å². The van der Waals surface area contributed by atoms with Crippen molar-refractivity contribution in [3.63, 3.8) is 0 Å². The van der Waals surface area contributed by atoms with Gasteiger partial charge >= 0.3 is 5.69 Å². The molecule has 0 aliphatic heterocycles. The van der Waals surface area contributed by atoms with Crippen LogP contribution in [0.3, 0.4) is 0 Å². The first-order valence-electron chi connectivity index (χ1n) is 6.28. The summed E-state index contributed by atoms with van der Waals surface area (Å²) in [5, 5.41) is 20.0. The Hall–Kier alpha value is -2.47. The van der Waals surface area contributed by atoms with E-state index in [2.05, 4.69) is 0 Å². The first-order valence-corrected chi connectivity index (χ1v) is 6.28. The van der Waals surface area contributed by atoms with Crippen LogP contribution in [0.2, 0.25) is 0 Å². The molecule has 1 N–H and O–H groups in total. The Morgan fingerprint density at radius 2 is 1.90 bits per heavy atom. The molecule has 0 unspecified atom stereocenters. The maximum Gasteiger partial charge on any atom is 0.305 e. The summed E-state index contributed by atoms with van der Waals surface area (Å²) in [5.74, 6) is -0.437. The van der Waals surface area contributed by atoms with Crippen LogP contribution in [-0.4, -0.2) is 10.0 Å². The van der Waals surface area contributed by atoms with E-state index < -0.39 is 16.4 Å². The van der Waals surface area contributed by atoms with Gasteiger partial charge in [-0.3, -0.25) is 10.1 Å². The molecule has 6 heteroatoms. The number of aryl methyl sites for hydroxylation is 1. The molecule has 2 aromatic rings. The first-order chi connectivity index (χ1) is 10.0. The molecule has 0 bridgehead atoms. The highest BCUT2D eigenvalue weighted by atomic mass is 19.1. The van der Waals surface area contributed by atoms with Gasteiger partial charge in [-0.1, -0.05) is 30.3 Å². The minimum Gasteiger partial charge on any atom is -0.488 e. The molecule has 0 amide bonds. The Morgan fingerprint density at radius 3 is 2.57 bits per heavy atom. The van der Waals surface area contributed by atoms with Gasteiger partial charge in [0.25, 0.3) is 0 Å². The monoisotopic (exact) mass is 291 g/mol. The quantitative estimate of drug-likeness (QED) is 0.678. The summed E-state index contributed by atoms with van der Waals surface area (Å²) >= 11 is 0. The van der Waals surface area contributed by atoms with Crippen molar-refractivity contribution in [2.24, 2.45) is 0 Å². The topological polar surface area (TPSA) is 72.6 Å². The number of hydrogen-bond acceptors (Lipinski definition) is 4. The number of hydrogen-bond donors (Lipinski definition) is 1. The lowest BCUT2D eigenvalue weighted by Gasteiger charge is -2.13. The zero-order chi connectivity index (χ0) is 15.4. The van der Waals surface area contributed by atoms with E-state index in [9.17, 15) is 19.6 Å². The van der Waals surface area contributed by atoms with E-state index in [4.69, 9.17) is 4.74 Å². The van der Waals surface area contributed by atoms with E-state index in [0.717, 1.165) is 11.6 Å². The molecule has 0 fully saturated rings. The summed E-state index contributed by atoms with van der Waals surface area (Å²) < 4.78 is 19.5. The highest BCUT2D eigenvalue weighted by Gasteiger charge is 2.18. The lowest BCUT2D eigenvalue weighted by atomic mass is 10.1. The zero-order valence-corrected chi connectivity index (χ0v) is 11.4. The molecule has 110 valence electrons. The maximum absolute atomic E-state index is 13.9. The predicted octanol–water partition coefficient (Wildman–Crippen LogP) is 3.11. The van der Waals surface area contributed by atoms with Crippen LogP contribution < -0.4 is 4.74 Å². The number of nitro benzene ring substituents is 1. The number of ether oxygens (including phenoxy) is 1. The van der Waals surface area contributed by atoms with Gasteiger partial charge in [0, 0.05) is 17.2 Å². The van der Waals surface area contributed by atoms with E-state index in [1.54, 1.807) is 25.1 Å². The zero-order valence-electron chi connectivity index (χ0n) is 11.4. The number of aliphatic hydroxyl groups is 1. The van der Waals surface area contributed by atoms with Crippen molar-refractivity contribution < 1.29 is 19.2 Å². The Balaban J connectivity index is 2.25. The van der Waals surface area contributed by atoms with Crippen molar-refractivity contribution in [2.75, 3.05) is 0 Å². The van der Waals surface area contributed by atoms with Gasteiger partial charge in [0.05, 0.1) is 11.5 Å². The Morgan fingerprint density at radius 1 is 1.24 bits per heavy atom. The van der Waals surface area contributed by atoms with Gasteiger partial charge in [0.2, 0.25) is 5.82 Å². The number of para-hydroxylation sites is 1. The Bertz CT molecular complexity index is 673. The van der Waals surface area contributed by atoms with Crippen LogP contribution in [0.15, 0.2) is 36.4 Å². The van der Waals surface area contributed by atoms with E-state index in [1.165, 1.54) is 12.1 Å². The third-order valence-corrected chi connectivity index (χ3v) is 3.09. The molecule has 0 aliphatic rings. The summed E-state index contributed by atoms with van der Waals surface area (Å²) in [6, 6.07) is 9.22. The van der Waals surface area contributed by atoms with Crippen LogP contribution in [0.1, 0.15) is 16.7 Å². The van der Waals surface area contributed by atoms with Gasteiger partial charge in [-0.15, -0.1) is 0 Å². The average Bonchev–Trinajstić information content (AvgIpc) is 2.46. The summed E-state index contributed by atoms with van der Waals surface area (Å²) in [5.41, 5.74) is 0.896. The smallest absolute Gasteiger partial charge is 0.305 e. The lowest BCUT2D eigenvalue weighted by molar-refractivity contribution is -0.387. The van der Waals surface area contributed by atoms with Crippen LogP contribution in [0.25, 0.3) is 0 Å². The molecule has 0 aliphatic carbocycles. The van der Waals surface area contributed by atoms with Crippen molar-refractivity contribution >= 4 is 5.69 Å². The summed E-state index contributed by atoms with van der Waals surface area (Å²) in [7, 11) is 0. The molecule has 0 saturated heterocycles. The van der Waals surface area contributed by atoms with Crippen molar-refractivity contribution in [1.82, 2.24) is 0 Å². The highest BCUT2D eigenvalue weighted by molar-refractivity contribution is 5.41. The molecule has 0 saturated carbocycles. The molecule has 0 aromatic heterocycles. The molecule has 0 radical (unpaired) electrons. The SMILES string of the molecule is Cc1cccc(CO)c1OCc1cccc([N+](=O)[O-])c1F. The molecule has 0 spiro atoms. The van der Waals surface area contributed by atoms with Crippen molar-refractivity contribution in [2.45, 2.75) is 20.1 Å². The second-order valence-corrected chi connectivity index (χ2v) is 4.52. The molecule has 5 nitrogen and oxygen atoms in total. The first kappa shape index (κ1) is 14.9. The molecule has 0 atom stereocenters. The van der Waals surface area contributed by atoms with E-state index in [1.807, 2.05) is 0 Å². The van der Waals surface area contributed by atoms with Gasteiger partial charge in [0.1, 0.15) is 12.4 Å². The van der Waals surface area contributed by atoms with E-state index in [0.29, 0.717) is 11.3 Å². The maximum atomic E-state index is 13.9. The Kier molecular flexibility index (Phi) is 4.49. The second kappa shape index (κ2) is 6.32. The standard InChI is InChI=1S/C15H14FNO4/c1-10-4-2-5-11(8-18)15(10)21-9-12-6-3-7-13(14(12)16)17(19)20/h2-7,18H,8-9H2,1H3. The fourth-order valence-electron chi connectivity index (χ4n) is 2.01. The van der Waals surface area contributed by atoms with E-state index >= 15 is 0 Å². The Labute approximate surface area is 120 Å². The van der Waals surface area contributed by atoms with Crippen molar-refractivity contribution in [1.29, 1.82) is 0 Å². The van der Waals surface area contributed by atoms with Crippen LogP contribution >= 0.6 is 0 Å². The number of benzene rings is 2. The normalized spacial score (nSPS) is 10.4. The van der Waals surface area contributed by atoms with Crippen LogP contribution in [0.4, 0.5) is 10.1 Å². The van der Waals surface area contributed by atoms with Gasteiger partial charge in [-0.2, -0.15) is 4.39 Å². The van der Waals surface area contributed by atoms with Gasteiger partial charge in [-0.25, -0.2) is 0 Å². The average molecular weight is 291 g/mol. The number of nitrogens with zero attached hydrogens (tertiary/aromatic N) is 1. The summed E-state index contributed by atoms with van der Waals surface area (Å²) in [4.78, 5) is 9.92. The minimum atomic E-state index is -0.901. The minimum absolute atomic E-state index is 0.0938. The third kappa shape index (κ3) is 3.17. The molecule has 21 heavy (non-hydrogen) atoms.